The monoisotopic (exact) mass is 336 g/mol. The van der Waals surface area contributed by atoms with Gasteiger partial charge in [0.05, 0.1) is 17.2 Å². The molecule has 9 heteroatoms. The van der Waals surface area contributed by atoms with Crippen molar-refractivity contribution < 1.29 is 47.3 Å². The van der Waals surface area contributed by atoms with Gasteiger partial charge >= 0.3 is 29.6 Å². The number of hydrogen-bond donors (Lipinski definition) is 0. The first-order chi connectivity index (χ1) is 9.94. The Labute approximate surface area is 152 Å². The maximum atomic E-state index is 10.8. The fraction of sp³-hybridized carbons (Fsp3) is 0.538. The molecule has 0 spiro atoms. The van der Waals surface area contributed by atoms with E-state index < -0.39 is 10.1 Å². The molecule has 0 saturated heterocycles. The van der Waals surface area contributed by atoms with Crippen LogP contribution in [0.5, 0.6) is 5.75 Å². The fourth-order valence-corrected chi connectivity index (χ4v) is 3.06. The standard InChI is InChI=1S/C13H18N2O5S.Na/c1-20-13-9-12-10(8-11(13)14-16)4-2-5-15(12)6-3-7-21(17,18)19;/h8-9H,2-7H2,1H3,(H,17,18,19);/q;+1/p-1. The molecule has 1 aliphatic rings. The largest absolute Gasteiger partial charge is 1.00 e. The van der Waals surface area contributed by atoms with Gasteiger partial charge in [0, 0.05) is 30.6 Å². The molecule has 0 N–H and O–H groups in total. The molecule has 2 rings (SSSR count). The Morgan fingerprint density at radius 1 is 1.41 bits per heavy atom. The van der Waals surface area contributed by atoms with E-state index >= 15 is 0 Å². The van der Waals surface area contributed by atoms with Gasteiger partial charge in [-0.3, -0.25) is 0 Å². The molecule has 0 atom stereocenters. The van der Waals surface area contributed by atoms with Crippen molar-refractivity contribution in [3.63, 3.8) is 0 Å². The second kappa shape index (κ2) is 8.26. The number of fused-ring (bicyclic) bond motifs is 1. The van der Waals surface area contributed by atoms with Gasteiger partial charge in [-0.25, -0.2) is 8.42 Å². The van der Waals surface area contributed by atoms with Gasteiger partial charge in [-0.15, -0.1) is 4.91 Å². The van der Waals surface area contributed by atoms with Gasteiger partial charge in [0.15, 0.2) is 0 Å². The number of nitroso groups, excluding NO2 is 1. The van der Waals surface area contributed by atoms with Gasteiger partial charge in [-0.2, -0.15) is 0 Å². The van der Waals surface area contributed by atoms with E-state index in [4.69, 9.17) is 4.74 Å². The number of hydrogen-bond acceptors (Lipinski definition) is 7. The summed E-state index contributed by atoms with van der Waals surface area (Å²) in [6, 6.07) is 3.45. The zero-order valence-electron chi connectivity index (χ0n) is 12.7. The third-order valence-electron chi connectivity index (χ3n) is 3.52. The minimum atomic E-state index is -4.18. The SMILES string of the molecule is COc1cc2c(cc1N=O)CCCN2CCCS(=O)(=O)[O-].[Na+]. The molecule has 1 aromatic carbocycles. The van der Waals surface area contributed by atoms with Gasteiger partial charge in [-0.1, -0.05) is 0 Å². The number of methoxy groups -OCH3 is 1. The van der Waals surface area contributed by atoms with Gasteiger partial charge < -0.3 is 14.2 Å². The average Bonchev–Trinajstić information content (AvgIpc) is 2.44. The Kier molecular flexibility index (Phi) is 7.27. The van der Waals surface area contributed by atoms with E-state index in [0.717, 1.165) is 30.6 Å². The minimum Gasteiger partial charge on any atom is -0.748 e. The second-order valence-corrected chi connectivity index (χ2v) is 6.47. The second-order valence-electron chi connectivity index (χ2n) is 4.95. The molecule has 1 aromatic rings. The average molecular weight is 336 g/mol. The van der Waals surface area contributed by atoms with Crippen molar-refractivity contribution in [3.05, 3.63) is 22.6 Å². The predicted molar refractivity (Wildman–Crippen MR) is 78.2 cm³/mol. The maximum absolute atomic E-state index is 10.8. The van der Waals surface area contributed by atoms with Crippen molar-refractivity contribution in [1.82, 2.24) is 0 Å². The van der Waals surface area contributed by atoms with Crippen LogP contribution in [0.3, 0.4) is 0 Å². The molecule has 0 amide bonds. The van der Waals surface area contributed by atoms with E-state index in [1.54, 1.807) is 12.1 Å². The maximum Gasteiger partial charge on any atom is 1.00 e. The van der Waals surface area contributed by atoms with Crippen LogP contribution in [-0.2, 0) is 16.5 Å². The summed E-state index contributed by atoms with van der Waals surface area (Å²) in [5, 5.41) is 2.95. The summed E-state index contributed by atoms with van der Waals surface area (Å²) >= 11 is 0. The van der Waals surface area contributed by atoms with Crippen LogP contribution < -0.4 is 39.2 Å². The normalized spacial score (nSPS) is 14.0. The number of benzene rings is 1. The summed E-state index contributed by atoms with van der Waals surface area (Å²) in [5.41, 5.74) is 2.16. The van der Waals surface area contributed by atoms with Crippen LogP contribution in [0.15, 0.2) is 17.3 Å². The summed E-state index contributed by atoms with van der Waals surface area (Å²) in [6.07, 6.45) is 2.02. The summed E-state index contributed by atoms with van der Waals surface area (Å²) in [7, 11) is -2.72. The minimum absolute atomic E-state index is 0. The molecule has 0 aliphatic carbocycles. The summed E-state index contributed by atoms with van der Waals surface area (Å²) in [5.74, 6) is 0.0244. The van der Waals surface area contributed by atoms with Crippen molar-refractivity contribution in [2.75, 3.05) is 30.9 Å². The van der Waals surface area contributed by atoms with Crippen LogP contribution in [0, 0.1) is 4.91 Å². The third-order valence-corrected chi connectivity index (χ3v) is 4.30. The molecule has 7 nitrogen and oxygen atoms in total. The zero-order chi connectivity index (χ0) is 15.5. The van der Waals surface area contributed by atoms with Crippen LogP contribution in [-0.4, -0.2) is 38.9 Å². The number of nitrogens with zero attached hydrogens (tertiary/aromatic N) is 2. The van der Waals surface area contributed by atoms with Crippen molar-refractivity contribution >= 4 is 21.5 Å². The van der Waals surface area contributed by atoms with Crippen molar-refractivity contribution in [2.45, 2.75) is 19.3 Å². The number of aryl methyl sites for hydroxylation is 1. The van der Waals surface area contributed by atoms with E-state index in [1.807, 2.05) is 4.90 Å². The van der Waals surface area contributed by atoms with E-state index in [0.29, 0.717) is 12.3 Å². The van der Waals surface area contributed by atoms with Gasteiger partial charge in [0.25, 0.3) is 0 Å². The van der Waals surface area contributed by atoms with Crippen LogP contribution >= 0.6 is 0 Å². The summed E-state index contributed by atoms with van der Waals surface area (Å²) in [6.45, 7) is 1.26. The van der Waals surface area contributed by atoms with E-state index in [2.05, 4.69) is 5.18 Å². The topological polar surface area (TPSA) is 99.1 Å². The molecule has 0 bridgehead atoms. The fourth-order valence-electron chi connectivity index (χ4n) is 2.58. The van der Waals surface area contributed by atoms with E-state index in [9.17, 15) is 17.9 Å². The molecule has 0 unspecified atom stereocenters. The van der Waals surface area contributed by atoms with Crippen LogP contribution in [0.2, 0.25) is 0 Å². The van der Waals surface area contributed by atoms with Gasteiger partial charge in [0.1, 0.15) is 11.4 Å². The van der Waals surface area contributed by atoms with Crippen molar-refractivity contribution in [3.8, 4) is 5.75 Å². The molecule has 1 aliphatic heterocycles. The molecule has 0 radical (unpaired) electrons. The number of anilines is 1. The van der Waals surface area contributed by atoms with Crippen LogP contribution in [0.25, 0.3) is 0 Å². The Balaban J connectivity index is 0.00000242. The summed E-state index contributed by atoms with van der Waals surface area (Å²) < 4.78 is 37.1. The quantitative estimate of drug-likeness (QED) is 0.367. The van der Waals surface area contributed by atoms with Crippen molar-refractivity contribution in [2.24, 2.45) is 5.18 Å². The number of rotatable bonds is 6. The van der Waals surface area contributed by atoms with E-state index in [1.165, 1.54) is 7.11 Å². The molecule has 0 saturated carbocycles. The Hall–Kier alpha value is -0.670. The van der Waals surface area contributed by atoms with Crippen molar-refractivity contribution in [1.29, 1.82) is 0 Å². The molecule has 116 valence electrons. The third kappa shape index (κ3) is 4.92. The van der Waals surface area contributed by atoms with Gasteiger partial charge in [0.2, 0.25) is 0 Å². The Morgan fingerprint density at radius 2 is 2.14 bits per heavy atom. The molecular weight excluding hydrogens is 319 g/mol. The molecule has 0 aromatic heterocycles. The van der Waals surface area contributed by atoms with Gasteiger partial charge in [-0.05, 0) is 36.1 Å². The first kappa shape index (κ1) is 19.4. The Morgan fingerprint density at radius 3 is 2.73 bits per heavy atom. The molecular formula is C13H17N2NaO5S. The Bertz CT molecular complexity index is 636. The molecule has 1 heterocycles. The first-order valence-corrected chi connectivity index (χ1v) is 8.25. The smallest absolute Gasteiger partial charge is 0.748 e. The predicted octanol–water partition coefficient (Wildman–Crippen LogP) is -1.21. The van der Waals surface area contributed by atoms with E-state index in [-0.39, 0.29) is 47.4 Å². The molecule has 22 heavy (non-hydrogen) atoms. The van der Waals surface area contributed by atoms with Crippen LogP contribution in [0.4, 0.5) is 11.4 Å². The number of ether oxygens (including phenoxy) is 1. The zero-order valence-corrected chi connectivity index (χ0v) is 15.6. The first-order valence-electron chi connectivity index (χ1n) is 6.67. The van der Waals surface area contributed by atoms with Crippen LogP contribution in [0.1, 0.15) is 18.4 Å². The molecule has 0 fully saturated rings. The summed E-state index contributed by atoms with van der Waals surface area (Å²) in [4.78, 5) is 12.8.